The number of hydrogen-bond acceptors (Lipinski definition) is 4. The first-order valence-electron chi connectivity index (χ1n) is 6.27. The molecule has 2 heterocycles. The molecule has 3 rings (SSSR count). The fourth-order valence-corrected chi connectivity index (χ4v) is 2.77. The largest absolute Gasteiger partial charge is 0.417 e. The Kier molecular flexibility index (Phi) is 2.63. The van der Waals surface area contributed by atoms with E-state index < -0.39 is 5.76 Å². The number of nitrogens with one attached hydrogen (secondary N) is 2. The molecule has 1 aromatic heterocycles. The summed E-state index contributed by atoms with van der Waals surface area (Å²) in [5, 5.41) is 3.40. The molecule has 5 nitrogen and oxygen atoms in total. The van der Waals surface area contributed by atoms with E-state index in [0.29, 0.717) is 17.7 Å². The second-order valence-electron chi connectivity index (χ2n) is 4.93. The number of benzene rings is 1. The summed E-state index contributed by atoms with van der Waals surface area (Å²) in [6, 6.07) is 6.57. The number of anilines is 1. The summed E-state index contributed by atoms with van der Waals surface area (Å²) < 4.78 is 5.28. The molecule has 2 aromatic rings. The van der Waals surface area contributed by atoms with Gasteiger partial charge in [-0.1, -0.05) is 6.07 Å². The van der Waals surface area contributed by atoms with Crippen molar-refractivity contribution in [2.75, 3.05) is 18.0 Å². The first-order valence-corrected chi connectivity index (χ1v) is 6.27. The average Bonchev–Trinajstić information content (AvgIpc) is 2.70. The van der Waals surface area contributed by atoms with Crippen molar-refractivity contribution < 1.29 is 4.42 Å². The van der Waals surface area contributed by atoms with E-state index in [4.69, 9.17) is 4.42 Å². The molecule has 0 bridgehead atoms. The summed E-state index contributed by atoms with van der Waals surface area (Å²) in [7, 11) is 0. The Labute approximate surface area is 105 Å². The first kappa shape index (κ1) is 11.3. The smallest absolute Gasteiger partial charge is 0.406 e. The van der Waals surface area contributed by atoms with Gasteiger partial charge in [-0.25, -0.2) is 4.79 Å². The van der Waals surface area contributed by atoms with Crippen molar-refractivity contribution >= 4 is 16.8 Å². The molecule has 0 saturated carbocycles. The van der Waals surface area contributed by atoms with Crippen LogP contribution in [0.3, 0.4) is 0 Å². The van der Waals surface area contributed by atoms with Crippen LogP contribution in [0.25, 0.3) is 11.1 Å². The topological polar surface area (TPSA) is 61.3 Å². The van der Waals surface area contributed by atoms with Gasteiger partial charge in [0.1, 0.15) is 0 Å². The molecule has 1 aliphatic rings. The Morgan fingerprint density at radius 2 is 2.00 bits per heavy atom. The van der Waals surface area contributed by atoms with Crippen LogP contribution in [0.15, 0.2) is 27.4 Å². The van der Waals surface area contributed by atoms with Gasteiger partial charge in [-0.3, -0.25) is 4.98 Å². The van der Waals surface area contributed by atoms with Crippen molar-refractivity contribution in [1.29, 1.82) is 0 Å². The highest BCUT2D eigenvalue weighted by molar-refractivity contribution is 5.86. The van der Waals surface area contributed by atoms with Crippen molar-refractivity contribution in [3.8, 4) is 0 Å². The van der Waals surface area contributed by atoms with E-state index in [9.17, 15) is 4.79 Å². The second-order valence-corrected chi connectivity index (χ2v) is 4.93. The Morgan fingerprint density at radius 1 is 1.28 bits per heavy atom. The van der Waals surface area contributed by atoms with Gasteiger partial charge in [0.2, 0.25) is 0 Å². The van der Waals surface area contributed by atoms with E-state index in [2.05, 4.69) is 29.0 Å². The molecule has 0 radical (unpaired) electrons. The molecule has 96 valence electrons. The van der Waals surface area contributed by atoms with Crippen molar-refractivity contribution in [2.45, 2.75) is 25.9 Å². The number of oxazole rings is 1. The summed E-state index contributed by atoms with van der Waals surface area (Å²) in [4.78, 5) is 16.4. The highest BCUT2D eigenvalue weighted by atomic mass is 16.4. The number of aromatic nitrogens is 1. The maximum absolute atomic E-state index is 11.3. The molecule has 18 heavy (non-hydrogen) atoms. The molecule has 2 N–H and O–H groups in total. The van der Waals surface area contributed by atoms with Crippen molar-refractivity contribution in [1.82, 2.24) is 10.3 Å². The van der Waals surface area contributed by atoms with Crippen LogP contribution in [-0.4, -0.2) is 30.2 Å². The van der Waals surface area contributed by atoms with E-state index in [-0.39, 0.29) is 0 Å². The standard InChI is InChI=1S/C13H17N3O2/c1-8-6-14-7-9(2)16(8)11-5-3-4-10-12(11)18-13(17)15-10/h3-5,8-9,14H,6-7H2,1-2H3,(H,15,17). The molecule has 0 aliphatic carbocycles. The fourth-order valence-electron chi connectivity index (χ4n) is 2.77. The van der Waals surface area contributed by atoms with Gasteiger partial charge < -0.3 is 14.6 Å². The van der Waals surface area contributed by atoms with Crippen LogP contribution >= 0.6 is 0 Å². The minimum absolute atomic E-state index is 0.375. The van der Waals surface area contributed by atoms with E-state index >= 15 is 0 Å². The quantitative estimate of drug-likeness (QED) is 0.797. The zero-order chi connectivity index (χ0) is 12.7. The normalized spacial score (nSPS) is 24.7. The SMILES string of the molecule is CC1CNCC(C)N1c1cccc2[nH]c(=O)oc12. The molecule has 0 spiro atoms. The van der Waals surface area contributed by atoms with Crippen LogP contribution in [0, 0.1) is 0 Å². The van der Waals surface area contributed by atoms with E-state index in [1.165, 1.54) is 0 Å². The van der Waals surface area contributed by atoms with E-state index in [0.717, 1.165) is 24.3 Å². The Hall–Kier alpha value is -1.75. The fraction of sp³-hybridized carbons (Fsp3) is 0.462. The summed E-state index contributed by atoms with van der Waals surface area (Å²) in [6.07, 6.45) is 0. The van der Waals surface area contributed by atoms with Crippen molar-refractivity contribution in [3.63, 3.8) is 0 Å². The van der Waals surface area contributed by atoms with Gasteiger partial charge in [0, 0.05) is 25.2 Å². The molecule has 0 amide bonds. The lowest BCUT2D eigenvalue weighted by Crippen LogP contribution is -2.55. The molecular formula is C13H17N3O2. The number of hydrogen-bond donors (Lipinski definition) is 2. The maximum atomic E-state index is 11.3. The maximum Gasteiger partial charge on any atom is 0.417 e. The minimum Gasteiger partial charge on any atom is -0.406 e. The van der Waals surface area contributed by atoms with Crippen molar-refractivity contribution in [2.24, 2.45) is 0 Å². The highest BCUT2D eigenvalue weighted by Gasteiger charge is 2.26. The molecule has 2 atom stereocenters. The van der Waals surface area contributed by atoms with Gasteiger partial charge >= 0.3 is 5.76 Å². The average molecular weight is 247 g/mol. The number of fused-ring (bicyclic) bond motifs is 1. The lowest BCUT2D eigenvalue weighted by Gasteiger charge is -2.41. The molecule has 5 heteroatoms. The predicted molar refractivity (Wildman–Crippen MR) is 71.1 cm³/mol. The van der Waals surface area contributed by atoms with Crippen LogP contribution in [0.2, 0.25) is 0 Å². The van der Waals surface area contributed by atoms with Gasteiger partial charge in [-0.15, -0.1) is 0 Å². The van der Waals surface area contributed by atoms with Crippen LogP contribution in [-0.2, 0) is 0 Å². The lowest BCUT2D eigenvalue weighted by atomic mass is 10.1. The Balaban J connectivity index is 2.15. The van der Waals surface area contributed by atoms with E-state index in [1.807, 2.05) is 18.2 Å². The third kappa shape index (κ3) is 1.71. The number of para-hydroxylation sites is 1. The van der Waals surface area contributed by atoms with Crippen LogP contribution in [0.1, 0.15) is 13.8 Å². The number of H-pyrrole nitrogens is 1. The minimum atomic E-state index is -0.395. The molecule has 1 aromatic carbocycles. The monoisotopic (exact) mass is 247 g/mol. The third-order valence-electron chi connectivity index (χ3n) is 3.53. The number of nitrogens with zero attached hydrogens (tertiary/aromatic N) is 1. The van der Waals surface area contributed by atoms with Gasteiger partial charge in [0.25, 0.3) is 0 Å². The summed E-state index contributed by atoms with van der Waals surface area (Å²) in [5.41, 5.74) is 2.41. The van der Waals surface area contributed by atoms with Crippen LogP contribution in [0.4, 0.5) is 5.69 Å². The van der Waals surface area contributed by atoms with Gasteiger partial charge in [0.15, 0.2) is 5.58 Å². The Bertz CT molecular complexity index is 606. The predicted octanol–water partition coefficient (Wildman–Crippen LogP) is 1.31. The second kappa shape index (κ2) is 4.17. The summed E-state index contributed by atoms with van der Waals surface area (Å²) in [5.74, 6) is -0.395. The lowest BCUT2D eigenvalue weighted by molar-refractivity contribution is 0.430. The number of aromatic amines is 1. The number of piperazine rings is 1. The van der Waals surface area contributed by atoms with Gasteiger partial charge in [-0.05, 0) is 26.0 Å². The van der Waals surface area contributed by atoms with Crippen LogP contribution in [0.5, 0.6) is 0 Å². The molecule has 1 aliphatic heterocycles. The zero-order valence-corrected chi connectivity index (χ0v) is 10.6. The molecular weight excluding hydrogens is 230 g/mol. The van der Waals surface area contributed by atoms with Crippen LogP contribution < -0.4 is 16.0 Å². The molecule has 2 unspecified atom stereocenters. The molecule has 1 fully saturated rings. The number of rotatable bonds is 1. The highest BCUT2D eigenvalue weighted by Crippen LogP contribution is 2.29. The van der Waals surface area contributed by atoms with Gasteiger partial charge in [-0.2, -0.15) is 0 Å². The third-order valence-corrected chi connectivity index (χ3v) is 3.53. The van der Waals surface area contributed by atoms with Gasteiger partial charge in [0.05, 0.1) is 11.2 Å². The first-order chi connectivity index (χ1) is 8.66. The van der Waals surface area contributed by atoms with Crippen molar-refractivity contribution in [3.05, 3.63) is 28.7 Å². The molecule has 1 saturated heterocycles. The Morgan fingerprint density at radius 3 is 2.72 bits per heavy atom. The summed E-state index contributed by atoms with van der Waals surface area (Å²) >= 11 is 0. The van der Waals surface area contributed by atoms with E-state index in [1.54, 1.807) is 0 Å². The zero-order valence-electron chi connectivity index (χ0n) is 10.6. The summed E-state index contributed by atoms with van der Waals surface area (Å²) in [6.45, 7) is 6.23.